The van der Waals surface area contributed by atoms with Crippen molar-refractivity contribution in [2.75, 3.05) is 20.8 Å². The second kappa shape index (κ2) is 6.29. The van der Waals surface area contributed by atoms with Crippen LogP contribution in [-0.4, -0.2) is 20.8 Å². The van der Waals surface area contributed by atoms with E-state index in [1.165, 1.54) is 0 Å². The van der Waals surface area contributed by atoms with Crippen LogP contribution < -0.4 is 14.8 Å². The first-order valence-electron chi connectivity index (χ1n) is 6.27. The zero-order valence-electron chi connectivity index (χ0n) is 11.5. The maximum Gasteiger partial charge on any atom is 0.127 e. The number of ether oxygens (including phenoxy) is 2. The van der Waals surface area contributed by atoms with E-state index in [1.807, 2.05) is 24.3 Å². The summed E-state index contributed by atoms with van der Waals surface area (Å²) in [6.45, 7) is 2.92. The second-order valence-corrected chi connectivity index (χ2v) is 4.16. The molecule has 0 bridgehead atoms. The average Bonchev–Trinajstić information content (AvgIpc) is 2.98. The molecule has 1 aromatic carbocycles. The summed E-state index contributed by atoms with van der Waals surface area (Å²) in [6, 6.07) is 7.83. The van der Waals surface area contributed by atoms with Gasteiger partial charge in [0.25, 0.3) is 0 Å². The Morgan fingerprint density at radius 2 is 2.05 bits per heavy atom. The molecule has 0 saturated carbocycles. The zero-order valence-corrected chi connectivity index (χ0v) is 11.5. The van der Waals surface area contributed by atoms with E-state index < -0.39 is 0 Å². The Balaban J connectivity index is 2.41. The summed E-state index contributed by atoms with van der Waals surface area (Å²) in [7, 11) is 3.31. The number of methoxy groups -OCH3 is 2. The minimum Gasteiger partial charge on any atom is -0.497 e. The number of nitrogens with one attached hydrogen (secondary N) is 1. The lowest BCUT2D eigenvalue weighted by Crippen LogP contribution is -2.22. The third-order valence-electron chi connectivity index (χ3n) is 3.04. The van der Waals surface area contributed by atoms with E-state index in [2.05, 4.69) is 12.2 Å². The summed E-state index contributed by atoms with van der Waals surface area (Å²) >= 11 is 0. The van der Waals surface area contributed by atoms with E-state index in [1.54, 1.807) is 26.7 Å². The van der Waals surface area contributed by atoms with Crippen molar-refractivity contribution in [3.8, 4) is 11.5 Å². The lowest BCUT2D eigenvalue weighted by atomic mass is 10.00. The van der Waals surface area contributed by atoms with E-state index in [4.69, 9.17) is 13.9 Å². The van der Waals surface area contributed by atoms with Crippen molar-refractivity contribution in [1.82, 2.24) is 5.32 Å². The van der Waals surface area contributed by atoms with E-state index in [0.29, 0.717) is 0 Å². The third-order valence-corrected chi connectivity index (χ3v) is 3.04. The molecule has 2 aromatic rings. The molecule has 1 N–H and O–H groups in total. The van der Waals surface area contributed by atoms with Crippen molar-refractivity contribution in [3.63, 3.8) is 0 Å². The molecule has 0 saturated heterocycles. The second-order valence-electron chi connectivity index (χ2n) is 4.16. The minimum absolute atomic E-state index is 0.0459. The molecular weight excluding hydrogens is 242 g/mol. The Kier molecular flexibility index (Phi) is 4.47. The van der Waals surface area contributed by atoms with Crippen LogP contribution in [0.4, 0.5) is 0 Å². The topological polar surface area (TPSA) is 43.6 Å². The standard InChI is InChI=1S/C15H19NO3/c1-4-16-15(11-7-8-19-10-11)13-6-5-12(17-2)9-14(13)18-3/h5-10,15-16H,4H2,1-3H3. The fraction of sp³-hybridized carbons (Fsp3) is 0.333. The highest BCUT2D eigenvalue weighted by Gasteiger charge is 2.18. The van der Waals surface area contributed by atoms with Crippen molar-refractivity contribution in [2.45, 2.75) is 13.0 Å². The highest BCUT2D eigenvalue weighted by molar-refractivity contribution is 5.45. The van der Waals surface area contributed by atoms with Gasteiger partial charge in [-0.1, -0.05) is 6.92 Å². The predicted molar refractivity (Wildman–Crippen MR) is 73.8 cm³/mol. The molecule has 102 valence electrons. The van der Waals surface area contributed by atoms with Crippen LogP contribution in [0.15, 0.2) is 41.2 Å². The van der Waals surface area contributed by atoms with Gasteiger partial charge >= 0.3 is 0 Å². The largest absolute Gasteiger partial charge is 0.497 e. The normalized spacial score (nSPS) is 12.2. The highest BCUT2D eigenvalue weighted by Crippen LogP contribution is 2.33. The molecule has 4 heteroatoms. The van der Waals surface area contributed by atoms with Gasteiger partial charge in [-0.2, -0.15) is 0 Å². The lowest BCUT2D eigenvalue weighted by Gasteiger charge is -2.20. The molecule has 19 heavy (non-hydrogen) atoms. The van der Waals surface area contributed by atoms with Gasteiger partial charge in [-0.25, -0.2) is 0 Å². The SMILES string of the molecule is CCNC(c1ccoc1)c1ccc(OC)cc1OC. The summed E-state index contributed by atoms with van der Waals surface area (Å²) in [5.74, 6) is 1.58. The highest BCUT2D eigenvalue weighted by atomic mass is 16.5. The maximum atomic E-state index is 5.46. The fourth-order valence-corrected chi connectivity index (χ4v) is 2.11. The van der Waals surface area contributed by atoms with Gasteiger partial charge in [-0.15, -0.1) is 0 Å². The lowest BCUT2D eigenvalue weighted by molar-refractivity contribution is 0.387. The Morgan fingerprint density at radius 1 is 1.21 bits per heavy atom. The number of benzene rings is 1. The van der Waals surface area contributed by atoms with Gasteiger partial charge in [-0.05, 0) is 24.7 Å². The molecule has 0 spiro atoms. The van der Waals surface area contributed by atoms with Crippen LogP contribution in [0, 0.1) is 0 Å². The van der Waals surface area contributed by atoms with Crippen LogP contribution in [0.3, 0.4) is 0 Å². The monoisotopic (exact) mass is 261 g/mol. The van der Waals surface area contributed by atoms with Gasteiger partial charge in [0.05, 0.1) is 32.8 Å². The van der Waals surface area contributed by atoms with Crippen molar-refractivity contribution in [3.05, 3.63) is 47.9 Å². The number of hydrogen-bond donors (Lipinski definition) is 1. The Bertz CT molecular complexity index is 508. The van der Waals surface area contributed by atoms with Crippen LogP contribution >= 0.6 is 0 Å². The molecule has 0 aliphatic heterocycles. The molecule has 1 aromatic heterocycles. The number of rotatable bonds is 6. The van der Waals surface area contributed by atoms with E-state index >= 15 is 0 Å². The van der Waals surface area contributed by atoms with Crippen molar-refractivity contribution < 1.29 is 13.9 Å². The summed E-state index contributed by atoms with van der Waals surface area (Å²) in [4.78, 5) is 0. The number of hydrogen-bond acceptors (Lipinski definition) is 4. The van der Waals surface area contributed by atoms with Crippen LogP contribution in [0.25, 0.3) is 0 Å². The molecule has 0 radical (unpaired) electrons. The molecule has 0 amide bonds. The Hall–Kier alpha value is -1.94. The molecular formula is C15H19NO3. The van der Waals surface area contributed by atoms with Gasteiger partial charge in [-0.3, -0.25) is 0 Å². The van der Waals surface area contributed by atoms with Crippen LogP contribution in [0.1, 0.15) is 24.1 Å². The average molecular weight is 261 g/mol. The van der Waals surface area contributed by atoms with Crippen molar-refractivity contribution in [2.24, 2.45) is 0 Å². The summed E-state index contributed by atoms with van der Waals surface area (Å²) < 4.78 is 15.9. The number of furan rings is 1. The van der Waals surface area contributed by atoms with Crippen LogP contribution in [-0.2, 0) is 0 Å². The van der Waals surface area contributed by atoms with Gasteiger partial charge in [0.1, 0.15) is 11.5 Å². The molecule has 1 unspecified atom stereocenters. The van der Waals surface area contributed by atoms with Gasteiger partial charge in [0.2, 0.25) is 0 Å². The Labute approximate surface area is 113 Å². The maximum absolute atomic E-state index is 5.46. The molecule has 0 aliphatic carbocycles. The Morgan fingerprint density at radius 3 is 2.63 bits per heavy atom. The first kappa shape index (κ1) is 13.5. The van der Waals surface area contributed by atoms with Gasteiger partial charge < -0.3 is 19.2 Å². The molecule has 0 fully saturated rings. The first-order chi connectivity index (χ1) is 9.30. The molecule has 0 aliphatic rings. The van der Waals surface area contributed by atoms with E-state index in [0.717, 1.165) is 29.2 Å². The summed E-state index contributed by atoms with van der Waals surface area (Å²) in [5, 5.41) is 3.43. The fourth-order valence-electron chi connectivity index (χ4n) is 2.11. The molecule has 4 nitrogen and oxygen atoms in total. The van der Waals surface area contributed by atoms with Crippen molar-refractivity contribution in [1.29, 1.82) is 0 Å². The van der Waals surface area contributed by atoms with E-state index in [9.17, 15) is 0 Å². The molecule has 1 atom stereocenters. The zero-order chi connectivity index (χ0) is 13.7. The summed E-state index contributed by atoms with van der Waals surface area (Å²) in [5.41, 5.74) is 2.14. The van der Waals surface area contributed by atoms with Crippen molar-refractivity contribution >= 4 is 0 Å². The molecule has 1 heterocycles. The summed E-state index contributed by atoms with van der Waals surface area (Å²) in [6.07, 6.45) is 3.42. The van der Waals surface area contributed by atoms with Crippen LogP contribution in [0.5, 0.6) is 11.5 Å². The van der Waals surface area contributed by atoms with Gasteiger partial charge in [0.15, 0.2) is 0 Å². The van der Waals surface area contributed by atoms with Gasteiger partial charge in [0, 0.05) is 17.2 Å². The van der Waals surface area contributed by atoms with Crippen LogP contribution in [0.2, 0.25) is 0 Å². The predicted octanol–water partition coefficient (Wildman–Crippen LogP) is 3.00. The van der Waals surface area contributed by atoms with E-state index in [-0.39, 0.29) is 6.04 Å². The first-order valence-corrected chi connectivity index (χ1v) is 6.27. The molecule has 2 rings (SSSR count). The minimum atomic E-state index is 0.0459. The quantitative estimate of drug-likeness (QED) is 0.868. The smallest absolute Gasteiger partial charge is 0.127 e. The third kappa shape index (κ3) is 2.90.